The summed E-state index contributed by atoms with van der Waals surface area (Å²) >= 11 is 5.57. The molecule has 2 aromatic carbocycles. The van der Waals surface area contributed by atoms with Crippen molar-refractivity contribution in [3.05, 3.63) is 67.7 Å². The van der Waals surface area contributed by atoms with Gasteiger partial charge in [-0.25, -0.2) is 4.79 Å². The molecular weight excluding hydrogens is 485 g/mol. The molecule has 0 aliphatic heterocycles. The summed E-state index contributed by atoms with van der Waals surface area (Å²) in [5.41, 5.74) is 1.18. The number of halogens is 2. The number of hydrogen-bond donors (Lipinski definition) is 1. The Morgan fingerprint density at radius 3 is 2.54 bits per heavy atom. The molecule has 0 amide bonds. The van der Waals surface area contributed by atoms with Crippen LogP contribution in [-0.4, -0.2) is 23.9 Å². The van der Waals surface area contributed by atoms with Gasteiger partial charge in [-0.3, -0.25) is 4.99 Å². The number of carbonyl (C=O) groups is 1. The van der Waals surface area contributed by atoms with Crippen molar-refractivity contribution in [3.63, 3.8) is 0 Å². The van der Waals surface area contributed by atoms with Crippen LogP contribution in [0.2, 0.25) is 0 Å². The summed E-state index contributed by atoms with van der Waals surface area (Å²) in [6, 6.07) is 14.6. The van der Waals surface area contributed by atoms with Gasteiger partial charge in [-0.1, -0.05) is 34.1 Å². The van der Waals surface area contributed by atoms with E-state index in [9.17, 15) is 9.90 Å². The lowest BCUT2D eigenvalue weighted by Crippen LogP contribution is -2.11. The summed E-state index contributed by atoms with van der Waals surface area (Å²) < 4.78 is 6.79. The van der Waals surface area contributed by atoms with E-state index >= 15 is 0 Å². The molecule has 0 bridgehead atoms. The molecule has 0 fully saturated rings. The Balaban J connectivity index is 2.44. The normalized spacial score (nSPS) is 12.1. The number of aliphatic imine (C=N–C) groups is 1. The first kappa shape index (κ1) is 18.7. The first-order chi connectivity index (χ1) is 11.5. The number of aliphatic hydroxyl groups is 1. The first-order valence-corrected chi connectivity index (χ1v) is 9.05. The summed E-state index contributed by atoms with van der Waals surface area (Å²) in [6.45, 7) is 1.92. The molecule has 0 unspecified atom stereocenters. The zero-order valence-corrected chi connectivity index (χ0v) is 16.6. The second-order valence-electron chi connectivity index (χ2n) is 4.70. The molecule has 0 aliphatic carbocycles. The lowest BCUT2D eigenvalue weighted by Gasteiger charge is -2.08. The fourth-order valence-electron chi connectivity index (χ4n) is 1.88. The molecule has 0 saturated carbocycles. The molecule has 0 saturated heterocycles. The van der Waals surface area contributed by atoms with Crippen LogP contribution in [0.15, 0.2) is 63.6 Å². The lowest BCUT2D eigenvalue weighted by molar-refractivity contribution is -0.137. The van der Waals surface area contributed by atoms with E-state index in [0.717, 1.165) is 3.57 Å². The molecule has 2 aromatic rings. The molecule has 0 spiro atoms. The highest BCUT2D eigenvalue weighted by Gasteiger charge is 2.17. The third-order valence-electron chi connectivity index (χ3n) is 3.05. The molecule has 24 heavy (non-hydrogen) atoms. The van der Waals surface area contributed by atoms with Crippen LogP contribution in [0.3, 0.4) is 0 Å². The van der Waals surface area contributed by atoms with Crippen molar-refractivity contribution in [2.75, 3.05) is 6.61 Å². The summed E-state index contributed by atoms with van der Waals surface area (Å²) in [7, 11) is 0. The highest BCUT2D eigenvalue weighted by molar-refractivity contribution is 14.1. The van der Waals surface area contributed by atoms with Crippen LogP contribution in [-0.2, 0) is 9.53 Å². The third-order valence-corrected chi connectivity index (χ3v) is 4.46. The second-order valence-corrected chi connectivity index (χ2v) is 6.80. The van der Waals surface area contributed by atoms with Gasteiger partial charge in [-0.05, 0) is 59.8 Å². The zero-order valence-electron chi connectivity index (χ0n) is 12.9. The van der Waals surface area contributed by atoms with Gasteiger partial charge in [-0.15, -0.1) is 0 Å². The quantitative estimate of drug-likeness (QED) is 0.200. The number of carbonyl (C=O) groups excluding carboxylic acids is 1. The van der Waals surface area contributed by atoms with E-state index in [1.807, 2.05) is 30.3 Å². The SMILES string of the molecule is CCOC(=O)C(C=Nc1ccc(I)cc1)=C(O)c1ccccc1Br. The Bertz CT molecular complexity index is 785. The van der Waals surface area contributed by atoms with Crippen molar-refractivity contribution >= 4 is 62.2 Å². The van der Waals surface area contributed by atoms with Crippen LogP contribution in [0.4, 0.5) is 5.69 Å². The minimum atomic E-state index is -0.625. The van der Waals surface area contributed by atoms with Crippen molar-refractivity contribution in [1.82, 2.24) is 0 Å². The van der Waals surface area contributed by atoms with Gasteiger partial charge < -0.3 is 9.84 Å². The Morgan fingerprint density at radius 1 is 1.25 bits per heavy atom. The standard InChI is InChI=1S/C18H15BrINO3/c1-2-24-18(23)15(11-21-13-9-7-12(20)8-10-13)17(22)14-5-3-4-6-16(14)19/h3-11,22H,2H2,1H3. The van der Waals surface area contributed by atoms with E-state index in [0.29, 0.717) is 15.7 Å². The van der Waals surface area contributed by atoms with Crippen molar-refractivity contribution in [2.45, 2.75) is 6.92 Å². The number of benzene rings is 2. The monoisotopic (exact) mass is 499 g/mol. The molecule has 124 valence electrons. The summed E-state index contributed by atoms with van der Waals surface area (Å²) in [6.07, 6.45) is 1.33. The van der Waals surface area contributed by atoms with Gasteiger partial charge in [0.1, 0.15) is 11.3 Å². The number of esters is 1. The van der Waals surface area contributed by atoms with Crippen LogP contribution < -0.4 is 0 Å². The van der Waals surface area contributed by atoms with E-state index in [1.54, 1.807) is 25.1 Å². The average molecular weight is 500 g/mol. The number of nitrogens with zero attached hydrogens (tertiary/aromatic N) is 1. The van der Waals surface area contributed by atoms with E-state index in [4.69, 9.17) is 4.74 Å². The molecule has 0 atom stereocenters. The Morgan fingerprint density at radius 2 is 1.92 bits per heavy atom. The van der Waals surface area contributed by atoms with Crippen molar-refractivity contribution in [1.29, 1.82) is 0 Å². The first-order valence-electron chi connectivity index (χ1n) is 7.17. The van der Waals surface area contributed by atoms with Crippen LogP contribution in [0, 0.1) is 3.57 Å². The molecule has 0 aliphatic rings. The highest BCUT2D eigenvalue weighted by atomic mass is 127. The molecule has 4 nitrogen and oxygen atoms in total. The van der Waals surface area contributed by atoms with Crippen molar-refractivity contribution in [2.24, 2.45) is 4.99 Å². The summed E-state index contributed by atoms with van der Waals surface area (Å²) in [5, 5.41) is 10.5. The Hall–Kier alpha value is -1.67. The minimum Gasteiger partial charge on any atom is -0.506 e. The van der Waals surface area contributed by atoms with E-state index in [2.05, 4.69) is 43.5 Å². The Kier molecular flexibility index (Phi) is 6.99. The zero-order chi connectivity index (χ0) is 17.5. The maximum atomic E-state index is 12.2. The van der Waals surface area contributed by atoms with Crippen LogP contribution >= 0.6 is 38.5 Å². The summed E-state index contributed by atoms with van der Waals surface area (Å²) in [4.78, 5) is 16.5. The number of rotatable bonds is 5. The molecular formula is C18H15BrINO3. The Labute approximate surface area is 162 Å². The maximum Gasteiger partial charge on any atom is 0.343 e. The van der Waals surface area contributed by atoms with Crippen LogP contribution in [0.1, 0.15) is 12.5 Å². The van der Waals surface area contributed by atoms with Crippen molar-refractivity contribution in [3.8, 4) is 0 Å². The second kappa shape index (κ2) is 8.98. The van der Waals surface area contributed by atoms with Gasteiger partial charge in [0.2, 0.25) is 0 Å². The maximum absolute atomic E-state index is 12.2. The summed E-state index contributed by atoms with van der Waals surface area (Å²) in [5.74, 6) is -0.810. The van der Waals surface area contributed by atoms with E-state index in [1.165, 1.54) is 6.21 Å². The van der Waals surface area contributed by atoms with Gasteiger partial charge in [0, 0.05) is 19.8 Å². The number of ether oxygens (including phenoxy) is 1. The number of hydrogen-bond acceptors (Lipinski definition) is 4. The van der Waals surface area contributed by atoms with E-state index in [-0.39, 0.29) is 17.9 Å². The molecule has 1 N–H and O–H groups in total. The van der Waals surface area contributed by atoms with Crippen molar-refractivity contribution < 1.29 is 14.6 Å². The van der Waals surface area contributed by atoms with Gasteiger partial charge >= 0.3 is 5.97 Å². The van der Waals surface area contributed by atoms with E-state index < -0.39 is 5.97 Å². The van der Waals surface area contributed by atoms with Gasteiger partial charge in [0.15, 0.2) is 0 Å². The molecule has 0 aromatic heterocycles. The van der Waals surface area contributed by atoms with Crippen LogP contribution in [0.5, 0.6) is 0 Å². The van der Waals surface area contributed by atoms with Gasteiger partial charge in [-0.2, -0.15) is 0 Å². The predicted molar refractivity (Wildman–Crippen MR) is 108 cm³/mol. The smallest absolute Gasteiger partial charge is 0.343 e. The van der Waals surface area contributed by atoms with Gasteiger partial charge in [0.05, 0.1) is 12.3 Å². The number of aliphatic hydroxyl groups excluding tert-OH is 1. The third kappa shape index (κ3) is 4.91. The molecule has 2 rings (SSSR count). The topological polar surface area (TPSA) is 58.9 Å². The largest absolute Gasteiger partial charge is 0.506 e. The predicted octanol–water partition coefficient (Wildman–Crippen LogP) is 5.29. The minimum absolute atomic E-state index is 0.00213. The average Bonchev–Trinajstić information content (AvgIpc) is 2.57. The molecule has 0 heterocycles. The fraction of sp³-hybridized carbons (Fsp3) is 0.111. The molecule has 6 heteroatoms. The lowest BCUT2D eigenvalue weighted by atomic mass is 10.1. The highest BCUT2D eigenvalue weighted by Crippen LogP contribution is 2.25. The van der Waals surface area contributed by atoms with Gasteiger partial charge in [0.25, 0.3) is 0 Å². The van der Waals surface area contributed by atoms with Crippen LogP contribution in [0.25, 0.3) is 5.76 Å². The molecule has 0 radical (unpaired) electrons. The fourth-order valence-corrected chi connectivity index (χ4v) is 2.72.